The molecule has 2 nitrogen and oxygen atoms in total. The van der Waals surface area contributed by atoms with Gasteiger partial charge in [-0.15, -0.1) is 0 Å². The zero-order chi connectivity index (χ0) is 11.4. The molecule has 2 rings (SSSR count). The second-order valence-electron chi connectivity index (χ2n) is 4.09. The molecule has 2 atom stereocenters. The highest BCUT2D eigenvalue weighted by Gasteiger charge is 2.25. The van der Waals surface area contributed by atoms with Gasteiger partial charge >= 0.3 is 0 Å². The maximum Gasteiger partial charge on any atom is 0.119 e. The minimum absolute atomic E-state index is 0.447. The fraction of sp³-hybridized carbons (Fsp3) is 0.538. The number of hydrogen-bond acceptors (Lipinski definition) is 3. The molecule has 0 saturated carbocycles. The molecule has 2 unspecified atom stereocenters. The predicted molar refractivity (Wildman–Crippen MR) is 70.3 cm³/mol. The van der Waals surface area contributed by atoms with Crippen LogP contribution in [0.4, 0.5) is 0 Å². The fourth-order valence-corrected chi connectivity index (χ4v) is 3.72. The van der Waals surface area contributed by atoms with E-state index in [4.69, 9.17) is 4.74 Å². The lowest BCUT2D eigenvalue weighted by atomic mass is 10.0. The third-order valence-corrected chi connectivity index (χ3v) is 4.56. The quantitative estimate of drug-likeness (QED) is 0.870. The van der Waals surface area contributed by atoms with Crippen molar-refractivity contribution in [3.63, 3.8) is 0 Å². The summed E-state index contributed by atoms with van der Waals surface area (Å²) in [6.45, 7) is 0. The van der Waals surface area contributed by atoms with Crippen molar-refractivity contribution in [2.45, 2.75) is 24.1 Å². The van der Waals surface area contributed by atoms with Crippen molar-refractivity contribution in [1.82, 2.24) is 5.32 Å². The Balaban J connectivity index is 2.18. The molecule has 1 N–H and O–H groups in total. The lowest BCUT2D eigenvalue weighted by molar-refractivity contribution is 0.413. The number of hydrogen-bond donors (Lipinski definition) is 1. The lowest BCUT2D eigenvalue weighted by Gasteiger charge is -2.23. The molecule has 16 heavy (non-hydrogen) atoms. The van der Waals surface area contributed by atoms with E-state index in [1.54, 1.807) is 7.11 Å². The van der Waals surface area contributed by atoms with Crippen LogP contribution < -0.4 is 10.1 Å². The molecule has 1 saturated heterocycles. The Kier molecular flexibility index (Phi) is 4.13. The van der Waals surface area contributed by atoms with Crippen molar-refractivity contribution in [2.75, 3.05) is 19.9 Å². The van der Waals surface area contributed by atoms with Gasteiger partial charge in [0.2, 0.25) is 0 Å². The van der Waals surface area contributed by atoms with Gasteiger partial charge in [-0.2, -0.15) is 11.8 Å². The first-order valence-corrected chi connectivity index (χ1v) is 6.83. The van der Waals surface area contributed by atoms with Crippen LogP contribution in [0, 0.1) is 0 Å². The van der Waals surface area contributed by atoms with Crippen LogP contribution in [0.1, 0.15) is 24.4 Å². The summed E-state index contributed by atoms with van der Waals surface area (Å²) in [6, 6.07) is 8.83. The molecule has 1 aromatic carbocycles. The van der Waals surface area contributed by atoms with E-state index < -0.39 is 0 Å². The van der Waals surface area contributed by atoms with Crippen LogP contribution in [0.3, 0.4) is 0 Å². The number of nitrogens with one attached hydrogen (secondary N) is 1. The summed E-state index contributed by atoms with van der Waals surface area (Å²) in [4.78, 5) is 0. The van der Waals surface area contributed by atoms with Gasteiger partial charge in [-0.3, -0.25) is 0 Å². The molecule has 0 spiro atoms. The first kappa shape index (κ1) is 11.8. The van der Waals surface area contributed by atoms with Gasteiger partial charge in [-0.05, 0) is 43.3 Å². The molecule has 0 radical (unpaired) electrons. The SMILES string of the molecule is CNC(c1cccc(OC)c1)C1CCCS1. The Hall–Kier alpha value is -0.670. The monoisotopic (exact) mass is 237 g/mol. The van der Waals surface area contributed by atoms with Gasteiger partial charge in [0.1, 0.15) is 5.75 Å². The minimum Gasteiger partial charge on any atom is -0.497 e. The zero-order valence-corrected chi connectivity index (χ0v) is 10.7. The smallest absolute Gasteiger partial charge is 0.119 e. The second-order valence-corrected chi connectivity index (χ2v) is 5.44. The van der Waals surface area contributed by atoms with E-state index in [0.29, 0.717) is 11.3 Å². The Morgan fingerprint density at radius 1 is 1.50 bits per heavy atom. The van der Waals surface area contributed by atoms with Gasteiger partial charge in [0.25, 0.3) is 0 Å². The summed E-state index contributed by atoms with van der Waals surface area (Å²) in [5, 5.41) is 4.14. The van der Waals surface area contributed by atoms with E-state index in [1.165, 1.54) is 24.2 Å². The molecule has 1 aliphatic rings. The highest BCUT2D eigenvalue weighted by Crippen LogP contribution is 2.36. The lowest BCUT2D eigenvalue weighted by Crippen LogP contribution is -2.25. The third kappa shape index (κ3) is 2.53. The summed E-state index contributed by atoms with van der Waals surface area (Å²) in [7, 11) is 3.76. The van der Waals surface area contributed by atoms with Crippen molar-refractivity contribution in [1.29, 1.82) is 0 Å². The highest BCUT2D eigenvalue weighted by atomic mass is 32.2. The van der Waals surface area contributed by atoms with Gasteiger partial charge in [-0.25, -0.2) is 0 Å². The third-order valence-electron chi connectivity index (χ3n) is 3.10. The van der Waals surface area contributed by atoms with Crippen molar-refractivity contribution in [2.24, 2.45) is 0 Å². The average molecular weight is 237 g/mol. The van der Waals surface area contributed by atoms with Crippen LogP contribution in [-0.4, -0.2) is 25.2 Å². The fourth-order valence-electron chi connectivity index (χ4n) is 2.27. The van der Waals surface area contributed by atoms with Crippen molar-refractivity contribution in [3.05, 3.63) is 29.8 Å². The maximum atomic E-state index is 5.28. The van der Waals surface area contributed by atoms with E-state index in [2.05, 4.69) is 35.3 Å². The summed E-state index contributed by atoms with van der Waals surface area (Å²) in [6.07, 6.45) is 2.66. The molecule has 0 amide bonds. The summed E-state index contributed by atoms with van der Waals surface area (Å²) in [5.74, 6) is 2.24. The number of benzene rings is 1. The Morgan fingerprint density at radius 3 is 3.00 bits per heavy atom. The summed E-state index contributed by atoms with van der Waals surface area (Å²) >= 11 is 2.08. The normalized spacial score (nSPS) is 22.0. The standard InChI is InChI=1S/C13H19NOS/c1-14-13(12-7-4-8-16-12)10-5-3-6-11(9-10)15-2/h3,5-6,9,12-14H,4,7-8H2,1-2H3. The average Bonchev–Trinajstić information content (AvgIpc) is 2.84. The van der Waals surface area contributed by atoms with Gasteiger partial charge in [-0.1, -0.05) is 12.1 Å². The van der Waals surface area contributed by atoms with E-state index in [0.717, 1.165) is 5.75 Å². The molecular weight excluding hydrogens is 218 g/mol. The van der Waals surface area contributed by atoms with Gasteiger partial charge in [0.15, 0.2) is 0 Å². The van der Waals surface area contributed by atoms with Crippen LogP contribution >= 0.6 is 11.8 Å². The zero-order valence-electron chi connectivity index (χ0n) is 9.90. The van der Waals surface area contributed by atoms with Gasteiger partial charge in [0, 0.05) is 11.3 Å². The Morgan fingerprint density at radius 2 is 2.38 bits per heavy atom. The topological polar surface area (TPSA) is 21.3 Å². The van der Waals surface area contributed by atoms with Gasteiger partial charge in [0.05, 0.1) is 7.11 Å². The van der Waals surface area contributed by atoms with Crippen molar-refractivity contribution in [3.8, 4) is 5.75 Å². The molecule has 1 fully saturated rings. The molecule has 1 heterocycles. The summed E-state index contributed by atoms with van der Waals surface area (Å²) in [5.41, 5.74) is 1.33. The molecule has 0 aromatic heterocycles. The summed E-state index contributed by atoms with van der Waals surface area (Å²) < 4.78 is 5.28. The molecule has 0 bridgehead atoms. The molecular formula is C13H19NOS. The minimum atomic E-state index is 0.447. The first-order chi connectivity index (χ1) is 7.85. The largest absolute Gasteiger partial charge is 0.497 e. The van der Waals surface area contributed by atoms with E-state index in [9.17, 15) is 0 Å². The van der Waals surface area contributed by atoms with E-state index >= 15 is 0 Å². The second kappa shape index (κ2) is 5.60. The highest BCUT2D eigenvalue weighted by molar-refractivity contribution is 8.00. The maximum absolute atomic E-state index is 5.28. The van der Waals surface area contributed by atoms with Crippen LogP contribution in [-0.2, 0) is 0 Å². The van der Waals surface area contributed by atoms with E-state index in [1.807, 2.05) is 13.1 Å². The Labute approximate surface area is 102 Å². The van der Waals surface area contributed by atoms with E-state index in [-0.39, 0.29) is 0 Å². The van der Waals surface area contributed by atoms with Gasteiger partial charge < -0.3 is 10.1 Å². The number of methoxy groups -OCH3 is 1. The Bertz CT molecular complexity index is 336. The van der Waals surface area contributed by atoms with Crippen LogP contribution in [0.2, 0.25) is 0 Å². The number of rotatable bonds is 4. The number of ether oxygens (including phenoxy) is 1. The van der Waals surface area contributed by atoms with Crippen molar-refractivity contribution >= 4 is 11.8 Å². The van der Waals surface area contributed by atoms with Crippen LogP contribution in [0.25, 0.3) is 0 Å². The van der Waals surface area contributed by atoms with Crippen LogP contribution in [0.15, 0.2) is 24.3 Å². The molecule has 88 valence electrons. The number of thioether (sulfide) groups is 1. The molecule has 1 aromatic rings. The molecule has 0 aliphatic carbocycles. The molecule has 3 heteroatoms. The molecule has 1 aliphatic heterocycles. The predicted octanol–water partition coefficient (Wildman–Crippen LogP) is 2.85. The first-order valence-electron chi connectivity index (χ1n) is 5.78. The van der Waals surface area contributed by atoms with Crippen LogP contribution in [0.5, 0.6) is 5.75 Å². The van der Waals surface area contributed by atoms with Crippen molar-refractivity contribution < 1.29 is 4.74 Å².